The maximum Gasteiger partial charge on any atom is 0.0730 e. The van der Waals surface area contributed by atoms with Crippen molar-refractivity contribution in [3.63, 3.8) is 0 Å². The molecule has 0 aliphatic heterocycles. The number of nitrogens with zero attached hydrogens (tertiary/aromatic N) is 2. The van der Waals surface area contributed by atoms with Crippen LogP contribution < -0.4 is 5.73 Å². The molecular weight excluding hydrogens is 201 g/mol. The van der Waals surface area contributed by atoms with Crippen LogP contribution in [0.15, 0.2) is 6.20 Å². The Morgan fingerprint density at radius 3 is 2.50 bits per heavy atom. The fraction of sp³-hybridized carbons (Fsp3) is 0.500. The van der Waals surface area contributed by atoms with Crippen molar-refractivity contribution in [1.82, 2.24) is 9.78 Å². The maximum absolute atomic E-state index is 8.55. The van der Waals surface area contributed by atoms with Gasteiger partial charge in [-0.15, -0.1) is 24.8 Å². The van der Waals surface area contributed by atoms with E-state index in [1.807, 2.05) is 6.92 Å². The first-order chi connectivity index (χ1) is 4.75. The summed E-state index contributed by atoms with van der Waals surface area (Å²) in [5, 5.41) is 12.5. The summed E-state index contributed by atoms with van der Waals surface area (Å²) in [5.74, 6) is 0. The summed E-state index contributed by atoms with van der Waals surface area (Å²) in [6, 6.07) is 0. The van der Waals surface area contributed by atoms with Crippen molar-refractivity contribution < 1.29 is 5.11 Å². The van der Waals surface area contributed by atoms with Gasteiger partial charge < -0.3 is 10.8 Å². The van der Waals surface area contributed by atoms with Crippen molar-refractivity contribution in [2.45, 2.75) is 13.5 Å². The molecule has 1 rings (SSSR count). The Balaban J connectivity index is 0. The van der Waals surface area contributed by atoms with Crippen molar-refractivity contribution >= 4 is 30.5 Å². The van der Waals surface area contributed by atoms with Crippen molar-refractivity contribution in [1.29, 1.82) is 0 Å². The van der Waals surface area contributed by atoms with E-state index in [2.05, 4.69) is 5.10 Å². The highest BCUT2D eigenvalue weighted by atomic mass is 35.5. The zero-order valence-corrected chi connectivity index (χ0v) is 8.36. The number of hydrogen-bond acceptors (Lipinski definition) is 3. The van der Waals surface area contributed by atoms with Crippen molar-refractivity contribution in [2.75, 3.05) is 12.3 Å². The fourth-order valence-electron chi connectivity index (χ4n) is 0.781. The molecule has 3 N–H and O–H groups in total. The summed E-state index contributed by atoms with van der Waals surface area (Å²) in [6.07, 6.45) is 1.59. The molecule has 4 nitrogen and oxygen atoms in total. The minimum absolute atomic E-state index is 0. The summed E-state index contributed by atoms with van der Waals surface area (Å²) in [4.78, 5) is 0. The lowest BCUT2D eigenvalue weighted by Crippen LogP contribution is -2.05. The Bertz CT molecular complexity index is 227. The van der Waals surface area contributed by atoms with Crippen molar-refractivity contribution in [3.8, 4) is 0 Å². The molecule has 0 unspecified atom stereocenters. The molecule has 0 fully saturated rings. The lowest BCUT2D eigenvalue weighted by molar-refractivity contribution is 0.268. The van der Waals surface area contributed by atoms with Gasteiger partial charge in [-0.3, -0.25) is 4.68 Å². The van der Waals surface area contributed by atoms with E-state index in [1.165, 1.54) is 0 Å². The lowest BCUT2D eigenvalue weighted by Gasteiger charge is -1.99. The van der Waals surface area contributed by atoms with Gasteiger partial charge in [0.05, 0.1) is 30.7 Å². The van der Waals surface area contributed by atoms with Gasteiger partial charge in [0, 0.05) is 0 Å². The van der Waals surface area contributed by atoms with Crippen molar-refractivity contribution in [3.05, 3.63) is 11.9 Å². The number of hydrogen-bond donors (Lipinski definition) is 2. The van der Waals surface area contributed by atoms with E-state index in [-0.39, 0.29) is 31.4 Å². The molecular formula is C6H13Cl2N3O. The van der Waals surface area contributed by atoms with Crippen molar-refractivity contribution in [2.24, 2.45) is 0 Å². The van der Waals surface area contributed by atoms with Crippen LogP contribution in [0.5, 0.6) is 0 Å². The Labute approximate surface area is 83.6 Å². The van der Waals surface area contributed by atoms with E-state index in [9.17, 15) is 0 Å². The number of aliphatic hydroxyl groups excluding tert-OH is 1. The van der Waals surface area contributed by atoms with Gasteiger partial charge in [-0.1, -0.05) is 0 Å². The second-order valence-corrected chi connectivity index (χ2v) is 2.13. The largest absolute Gasteiger partial charge is 0.396 e. The standard InChI is InChI=1S/C6H11N3O.2ClH/c1-5-6(7)4-8-9(5)2-3-10;;/h4,10H,2-3,7H2,1H3;2*1H. The molecule has 0 saturated carbocycles. The molecule has 1 aromatic rings. The molecule has 1 aromatic heterocycles. The third-order valence-corrected chi connectivity index (χ3v) is 1.45. The molecule has 0 atom stereocenters. The van der Waals surface area contributed by atoms with E-state index in [0.717, 1.165) is 5.69 Å². The van der Waals surface area contributed by atoms with E-state index in [4.69, 9.17) is 10.8 Å². The SMILES string of the molecule is Cc1c(N)cnn1CCO.Cl.Cl. The fourth-order valence-corrected chi connectivity index (χ4v) is 0.781. The summed E-state index contributed by atoms with van der Waals surface area (Å²) in [5.41, 5.74) is 7.09. The summed E-state index contributed by atoms with van der Waals surface area (Å²) >= 11 is 0. The molecule has 0 amide bonds. The predicted molar refractivity (Wildman–Crippen MR) is 53.0 cm³/mol. The molecule has 0 radical (unpaired) electrons. The zero-order chi connectivity index (χ0) is 7.56. The Morgan fingerprint density at radius 2 is 2.17 bits per heavy atom. The predicted octanol–water partition coefficient (Wildman–Crippen LogP) is 0.610. The van der Waals surface area contributed by atoms with Gasteiger partial charge in [-0.25, -0.2) is 0 Å². The quantitative estimate of drug-likeness (QED) is 0.758. The average Bonchev–Trinajstić information content (AvgIpc) is 2.20. The molecule has 0 spiro atoms. The molecule has 6 heteroatoms. The molecule has 0 aliphatic carbocycles. The Morgan fingerprint density at radius 1 is 1.58 bits per heavy atom. The first kappa shape index (κ1) is 14.1. The average molecular weight is 214 g/mol. The minimum atomic E-state index is 0. The summed E-state index contributed by atoms with van der Waals surface area (Å²) in [6.45, 7) is 2.49. The molecule has 0 aromatic carbocycles. The smallest absolute Gasteiger partial charge is 0.0730 e. The van der Waals surface area contributed by atoms with Gasteiger partial charge in [0.1, 0.15) is 0 Å². The Kier molecular flexibility index (Phi) is 7.18. The number of halogens is 2. The van der Waals surface area contributed by atoms with Crippen LogP contribution in [0.2, 0.25) is 0 Å². The Hall–Kier alpha value is -0.450. The number of rotatable bonds is 2. The van der Waals surface area contributed by atoms with Crippen LogP contribution in [0.4, 0.5) is 5.69 Å². The number of aliphatic hydroxyl groups is 1. The molecule has 0 aliphatic rings. The monoisotopic (exact) mass is 213 g/mol. The van der Waals surface area contributed by atoms with E-state index >= 15 is 0 Å². The van der Waals surface area contributed by atoms with Gasteiger partial charge >= 0.3 is 0 Å². The van der Waals surface area contributed by atoms with Crippen LogP contribution in [0, 0.1) is 6.92 Å². The summed E-state index contributed by atoms with van der Waals surface area (Å²) < 4.78 is 1.68. The second kappa shape index (κ2) is 6.11. The number of nitrogen functional groups attached to an aromatic ring is 1. The zero-order valence-electron chi connectivity index (χ0n) is 6.73. The van der Waals surface area contributed by atoms with E-state index in [0.29, 0.717) is 12.2 Å². The molecule has 0 bridgehead atoms. The van der Waals surface area contributed by atoms with Gasteiger partial charge in [0.2, 0.25) is 0 Å². The first-order valence-electron chi connectivity index (χ1n) is 3.14. The highest BCUT2D eigenvalue weighted by Crippen LogP contribution is 2.06. The van der Waals surface area contributed by atoms with Crippen LogP contribution in [-0.2, 0) is 6.54 Å². The van der Waals surface area contributed by atoms with Crippen LogP contribution in [0.25, 0.3) is 0 Å². The molecule has 72 valence electrons. The highest BCUT2D eigenvalue weighted by Gasteiger charge is 1.99. The van der Waals surface area contributed by atoms with Crippen LogP contribution in [0.3, 0.4) is 0 Å². The topological polar surface area (TPSA) is 64.1 Å². The molecule has 1 heterocycles. The number of anilines is 1. The van der Waals surface area contributed by atoms with Crippen LogP contribution in [0.1, 0.15) is 5.69 Å². The normalized spacial score (nSPS) is 8.50. The number of nitrogens with two attached hydrogens (primary N) is 1. The second-order valence-electron chi connectivity index (χ2n) is 2.13. The van der Waals surface area contributed by atoms with E-state index in [1.54, 1.807) is 10.9 Å². The summed E-state index contributed by atoms with van der Waals surface area (Å²) in [7, 11) is 0. The van der Waals surface area contributed by atoms with Gasteiger partial charge in [-0.2, -0.15) is 5.10 Å². The number of aromatic nitrogens is 2. The maximum atomic E-state index is 8.55. The van der Waals surface area contributed by atoms with Gasteiger partial charge in [-0.05, 0) is 6.92 Å². The third kappa shape index (κ3) is 2.89. The first-order valence-corrected chi connectivity index (χ1v) is 3.14. The van der Waals surface area contributed by atoms with Crippen LogP contribution in [-0.4, -0.2) is 21.5 Å². The van der Waals surface area contributed by atoms with Gasteiger partial charge in [0.25, 0.3) is 0 Å². The highest BCUT2D eigenvalue weighted by molar-refractivity contribution is 5.85. The third-order valence-electron chi connectivity index (χ3n) is 1.45. The van der Waals surface area contributed by atoms with Crippen LogP contribution >= 0.6 is 24.8 Å². The minimum Gasteiger partial charge on any atom is -0.396 e. The lowest BCUT2D eigenvalue weighted by atomic mass is 10.4. The molecule has 0 saturated heterocycles. The van der Waals surface area contributed by atoms with Gasteiger partial charge in [0.15, 0.2) is 0 Å². The van der Waals surface area contributed by atoms with E-state index < -0.39 is 0 Å². The molecule has 12 heavy (non-hydrogen) atoms.